The van der Waals surface area contributed by atoms with Crippen LogP contribution in [0.1, 0.15) is 45.4 Å². The van der Waals surface area contributed by atoms with Gasteiger partial charge in [0.2, 0.25) is 0 Å². The van der Waals surface area contributed by atoms with Crippen molar-refractivity contribution in [3.8, 4) is 0 Å². The molecule has 1 saturated carbocycles. The largest absolute Gasteiger partial charge is 0.394 e. The molecule has 0 saturated heterocycles. The van der Waals surface area contributed by atoms with E-state index < -0.39 is 0 Å². The molecule has 0 aliphatic heterocycles. The summed E-state index contributed by atoms with van der Waals surface area (Å²) < 4.78 is 0. The molecule has 0 bridgehead atoms. The molecule has 0 amide bonds. The number of aliphatic hydroxyl groups is 1. The molecule has 0 aromatic rings. The molecule has 2 N–H and O–H groups in total. The van der Waals surface area contributed by atoms with E-state index >= 15 is 0 Å². The first-order chi connectivity index (χ1) is 7.67. The lowest BCUT2D eigenvalue weighted by atomic mass is 9.89. The second-order valence-electron chi connectivity index (χ2n) is 5.21. The first-order valence-corrected chi connectivity index (χ1v) is 6.67. The molecule has 3 nitrogen and oxygen atoms in total. The summed E-state index contributed by atoms with van der Waals surface area (Å²) in [5, 5.41) is 12.7. The molecular weight excluding hydrogens is 200 g/mol. The third-order valence-electron chi connectivity index (χ3n) is 4.37. The van der Waals surface area contributed by atoms with Crippen LogP contribution in [-0.2, 0) is 0 Å². The van der Waals surface area contributed by atoms with Crippen molar-refractivity contribution in [2.45, 2.75) is 57.0 Å². The number of hydrogen-bond acceptors (Lipinski definition) is 3. The summed E-state index contributed by atoms with van der Waals surface area (Å²) in [7, 11) is 4.19. The van der Waals surface area contributed by atoms with Gasteiger partial charge in [0.1, 0.15) is 0 Å². The van der Waals surface area contributed by atoms with Crippen molar-refractivity contribution in [3.63, 3.8) is 0 Å². The van der Waals surface area contributed by atoms with Gasteiger partial charge in [-0.05, 0) is 52.7 Å². The molecule has 1 rings (SSSR count). The van der Waals surface area contributed by atoms with E-state index in [-0.39, 0.29) is 12.1 Å². The first kappa shape index (κ1) is 13.9. The molecule has 1 atom stereocenters. The molecule has 96 valence electrons. The summed E-state index contributed by atoms with van der Waals surface area (Å²) in [5.41, 5.74) is -0.0551. The van der Waals surface area contributed by atoms with Gasteiger partial charge in [-0.1, -0.05) is 13.3 Å². The highest BCUT2D eigenvalue weighted by atomic mass is 16.3. The van der Waals surface area contributed by atoms with Crippen LogP contribution < -0.4 is 5.32 Å². The number of aliphatic hydroxyl groups excluding tert-OH is 1. The maximum Gasteiger partial charge on any atom is 0.0613 e. The zero-order valence-electron chi connectivity index (χ0n) is 11.1. The van der Waals surface area contributed by atoms with Crippen molar-refractivity contribution in [2.75, 3.05) is 27.2 Å². The van der Waals surface area contributed by atoms with E-state index in [0.29, 0.717) is 0 Å². The van der Waals surface area contributed by atoms with E-state index in [9.17, 15) is 5.11 Å². The van der Waals surface area contributed by atoms with Crippen LogP contribution >= 0.6 is 0 Å². The number of rotatable bonds is 8. The van der Waals surface area contributed by atoms with Gasteiger partial charge in [0.05, 0.1) is 6.61 Å². The van der Waals surface area contributed by atoms with Crippen LogP contribution in [0.25, 0.3) is 0 Å². The highest BCUT2D eigenvalue weighted by Gasteiger charge is 2.26. The molecule has 0 aromatic heterocycles. The van der Waals surface area contributed by atoms with Crippen LogP contribution in [0, 0.1) is 0 Å². The predicted molar refractivity (Wildman–Crippen MR) is 68.7 cm³/mol. The van der Waals surface area contributed by atoms with Crippen molar-refractivity contribution >= 4 is 0 Å². The summed E-state index contributed by atoms with van der Waals surface area (Å²) in [5.74, 6) is 0. The van der Waals surface area contributed by atoms with Crippen LogP contribution in [0.15, 0.2) is 0 Å². The van der Waals surface area contributed by atoms with Gasteiger partial charge in [0, 0.05) is 11.6 Å². The van der Waals surface area contributed by atoms with E-state index in [1.54, 1.807) is 0 Å². The third kappa shape index (κ3) is 3.44. The van der Waals surface area contributed by atoms with Gasteiger partial charge in [0.15, 0.2) is 0 Å². The molecule has 0 heterocycles. The van der Waals surface area contributed by atoms with Crippen LogP contribution in [0.3, 0.4) is 0 Å². The lowest BCUT2D eigenvalue weighted by Crippen LogP contribution is -2.46. The number of nitrogens with zero attached hydrogens (tertiary/aromatic N) is 1. The Morgan fingerprint density at radius 2 is 2.12 bits per heavy atom. The van der Waals surface area contributed by atoms with Gasteiger partial charge >= 0.3 is 0 Å². The molecule has 0 radical (unpaired) electrons. The zero-order chi connectivity index (χ0) is 12.0. The average Bonchev–Trinajstić information content (AvgIpc) is 2.23. The highest BCUT2D eigenvalue weighted by molar-refractivity contribution is 4.85. The van der Waals surface area contributed by atoms with Gasteiger partial charge in [0.25, 0.3) is 0 Å². The monoisotopic (exact) mass is 228 g/mol. The minimum atomic E-state index is -0.0551. The van der Waals surface area contributed by atoms with E-state index in [1.807, 2.05) is 7.05 Å². The quantitative estimate of drug-likeness (QED) is 0.662. The molecule has 3 heteroatoms. The van der Waals surface area contributed by atoms with E-state index in [4.69, 9.17) is 0 Å². The number of hydrogen-bond donors (Lipinski definition) is 2. The molecule has 1 aliphatic rings. The minimum Gasteiger partial charge on any atom is -0.394 e. The van der Waals surface area contributed by atoms with Crippen molar-refractivity contribution in [3.05, 3.63) is 0 Å². The van der Waals surface area contributed by atoms with Crippen molar-refractivity contribution in [2.24, 2.45) is 0 Å². The van der Waals surface area contributed by atoms with Crippen LogP contribution in [0.5, 0.6) is 0 Å². The van der Waals surface area contributed by atoms with Crippen LogP contribution in [0.2, 0.25) is 0 Å². The van der Waals surface area contributed by atoms with Crippen LogP contribution in [-0.4, -0.2) is 48.8 Å². The third-order valence-corrected chi connectivity index (χ3v) is 4.37. The number of likely N-dealkylation sites (N-methyl/N-ethyl adjacent to an activating group) is 1. The smallest absolute Gasteiger partial charge is 0.0613 e. The SMILES string of the molecule is CCC(CO)(CCCN(C)C1CCC1)NC. The highest BCUT2D eigenvalue weighted by Crippen LogP contribution is 2.24. The van der Waals surface area contributed by atoms with E-state index in [0.717, 1.165) is 25.4 Å². The fourth-order valence-electron chi connectivity index (χ4n) is 2.43. The Morgan fingerprint density at radius 1 is 1.44 bits per heavy atom. The van der Waals surface area contributed by atoms with E-state index in [2.05, 4.69) is 24.2 Å². The van der Waals surface area contributed by atoms with Gasteiger partial charge in [-0.3, -0.25) is 0 Å². The number of nitrogens with one attached hydrogen (secondary N) is 1. The average molecular weight is 228 g/mol. The first-order valence-electron chi connectivity index (χ1n) is 6.67. The lowest BCUT2D eigenvalue weighted by Gasteiger charge is -2.36. The molecule has 1 fully saturated rings. The topological polar surface area (TPSA) is 35.5 Å². The predicted octanol–water partition coefficient (Wildman–Crippen LogP) is 1.61. The Balaban J connectivity index is 2.21. The minimum absolute atomic E-state index is 0.0551. The van der Waals surface area contributed by atoms with Gasteiger partial charge in [-0.2, -0.15) is 0 Å². The maximum absolute atomic E-state index is 9.43. The van der Waals surface area contributed by atoms with E-state index in [1.165, 1.54) is 25.7 Å². The lowest BCUT2D eigenvalue weighted by molar-refractivity contribution is 0.128. The fourth-order valence-corrected chi connectivity index (χ4v) is 2.43. The summed E-state index contributed by atoms with van der Waals surface area (Å²) in [4.78, 5) is 2.48. The summed E-state index contributed by atoms with van der Waals surface area (Å²) in [6, 6.07) is 0.833. The summed E-state index contributed by atoms with van der Waals surface area (Å²) >= 11 is 0. The normalized spacial score (nSPS) is 20.8. The molecule has 0 aromatic carbocycles. The van der Waals surface area contributed by atoms with Gasteiger partial charge < -0.3 is 15.3 Å². The van der Waals surface area contributed by atoms with Crippen LogP contribution in [0.4, 0.5) is 0 Å². The summed E-state index contributed by atoms with van der Waals surface area (Å²) in [6.45, 7) is 3.55. The summed E-state index contributed by atoms with van der Waals surface area (Å²) in [6.07, 6.45) is 7.38. The molecule has 0 spiro atoms. The fraction of sp³-hybridized carbons (Fsp3) is 1.00. The Labute approximate surface area is 100 Å². The zero-order valence-corrected chi connectivity index (χ0v) is 11.1. The van der Waals surface area contributed by atoms with Gasteiger partial charge in [-0.25, -0.2) is 0 Å². The van der Waals surface area contributed by atoms with Crippen molar-refractivity contribution in [1.29, 1.82) is 0 Å². The Bertz CT molecular complexity index is 180. The second-order valence-corrected chi connectivity index (χ2v) is 5.21. The Morgan fingerprint density at radius 3 is 2.50 bits per heavy atom. The Hall–Kier alpha value is -0.120. The Kier molecular flexibility index (Phi) is 5.73. The maximum atomic E-state index is 9.43. The molecular formula is C13H28N2O. The standard InChI is InChI=1S/C13H28N2O/c1-4-13(11-16,14-2)9-6-10-15(3)12-7-5-8-12/h12,14,16H,4-11H2,1-3H3. The van der Waals surface area contributed by atoms with Crippen molar-refractivity contribution in [1.82, 2.24) is 10.2 Å². The molecule has 16 heavy (non-hydrogen) atoms. The molecule has 1 unspecified atom stereocenters. The second kappa shape index (κ2) is 6.58. The van der Waals surface area contributed by atoms with Gasteiger partial charge in [-0.15, -0.1) is 0 Å². The molecule has 1 aliphatic carbocycles. The van der Waals surface area contributed by atoms with Crippen molar-refractivity contribution < 1.29 is 5.11 Å².